The van der Waals surface area contributed by atoms with Crippen LogP contribution in [-0.4, -0.2) is 33.7 Å². The molecule has 1 aliphatic heterocycles. The van der Waals surface area contributed by atoms with E-state index in [0.29, 0.717) is 17.0 Å². The highest BCUT2D eigenvalue weighted by atomic mass is 19.1. The zero-order valence-electron chi connectivity index (χ0n) is 13.4. The van der Waals surface area contributed by atoms with Crippen molar-refractivity contribution in [1.82, 2.24) is 10.1 Å². The standard InChI is InChI=1S/C17H18F2N2O3/c1-9-13(10(2)24-20-9)7-17(23)21-8-12(22)6-16(21)14-5-11(18)3-4-15(14)19/h3-5,12,16,22H,6-8H2,1-2H3/t12-,16-/m1/s1. The molecule has 1 aromatic heterocycles. The summed E-state index contributed by atoms with van der Waals surface area (Å²) in [7, 11) is 0. The van der Waals surface area contributed by atoms with Gasteiger partial charge in [-0.05, 0) is 38.5 Å². The summed E-state index contributed by atoms with van der Waals surface area (Å²) in [5.74, 6) is -0.903. The van der Waals surface area contributed by atoms with E-state index in [1.54, 1.807) is 13.8 Å². The zero-order valence-corrected chi connectivity index (χ0v) is 13.4. The summed E-state index contributed by atoms with van der Waals surface area (Å²) < 4.78 is 32.6. The summed E-state index contributed by atoms with van der Waals surface area (Å²) in [6, 6.07) is 2.45. The first-order chi connectivity index (χ1) is 11.4. The van der Waals surface area contributed by atoms with E-state index in [0.717, 1.165) is 18.2 Å². The molecule has 2 heterocycles. The molecule has 0 aliphatic carbocycles. The van der Waals surface area contributed by atoms with Crippen LogP contribution in [0.3, 0.4) is 0 Å². The Bertz CT molecular complexity index is 756. The van der Waals surface area contributed by atoms with E-state index >= 15 is 0 Å². The van der Waals surface area contributed by atoms with Gasteiger partial charge in [0.25, 0.3) is 0 Å². The Balaban J connectivity index is 1.88. The van der Waals surface area contributed by atoms with E-state index in [-0.39, 0.29) is 30.9 Å². The first kappa shape index (κ1) is 16.6. The number of carbonyl (C=O) groups is 1. The second-order valence-electron chi connectivity index (χ2n) is 6.10. The van der Waals surface area contributed by atoms with Crippen LogP contribution in [0.15, 0.2) is 22.7 Å². The Labute approximate surface area is 137 Å². The van der Waals surface area contributed by atoms with Gasteiger partial charge >= 0.3 is 0 Å². The van der Waals surface area contributed by atoms with Gasteiger partial charge in [-0.1, -0.05) is 5.16 Å². The number of hydrogen-bond donors (Lipinski definition) is 1. The SMILES string of the molecule is Cc1noc(C)c1CC(=O)N1C[C@H](O)C[C@@H]1c1cc(F)ccc1F. The van der Waals surface area contributed by atoms with Crippen molar-refractivity contribution < 1.29 is 23.2 Å². The first-order valence-corrected chi connectivity index (χ1v) is 7.71. The van der Waals surface area contributed by atoms with Gasteiger partial charge in [0, 0.05) is 17.7 Å². The minimum Gasteiger partial charge on any atom is -0.391 e. The lowest BCUT2D eigenvalue weighted by molar-refractivity contribution is -0.131. The number of aliphatic hydroxyl groups excluding tert-OH is 1. The quantitative estimate of drug-likeness (QED) is 0.935. The molecule has 0 radical (unpaired) electrons. The lowest BCUT2D eigenvalue weighted by Crippen LogP contribution is -2.33. The predicted molar refractivity (Wildman–Crippen MR) is 81.1 cm³/mol. The minimum absolute atomic E-state index is 0.0430. The van der Waals surface area contributed by atoms with Gasteiger partial charge in [-0.25, -0.2) is 8.78 Å². The van der Waals surface area contributed by atoms with Crippen molar-refractivity contribution in [2.24, 2.45) is 0 Å². The summed E-state index contributed by atoms with van der Waals surface area (Å²) in [6.45, 7) is 3.54. The normalized spacial score (nSPS) is 20.6. The van der Waals surface area contributed by atoms with Gasteiger partial charge in [0.05, 0.1) is 24.3 Å². The number of benzene rings is 1. The summed E-state index contributed by atoms with van der Waals surface area (Å²) in [4.78, 5) is 14.1. The van der Waals surface area contributed by atoms with Crippen molar-refractivity contribution in [3.05, 3.63) is 52.4 Å². The second-order valence-corrected chi connectivity index (χ2v) is 6.10. The van der Waals surface area contributed by atoms with E-state index in [2.05, 4.69) is 5.16 Å². The van der Waals surface area contributed by atoms with Crippen LogP contribution in [0.5, 0.6) is 0 Å². The van der Waals surface area contributed by atoms with Crippen LogP contribution in [0, 0.1) is 25.5 Å². The van der Waals surface area contributed by atoms with E-state index in [1.807, 2.05) is 0 Å². The van der Waals surface area contributed by atoms with Crippen LogP contribution < -0.4 is 0 Å². The van der Waals surface area contributed by atoms with Gasteiger partial charge in [0.15, 0.2) is 0 Å². The Morgan fingerprint density at radius 2 is 2.17 bits per heavy atom. The highest BCUT2D eigenvalue weighted by Crippen LogP contribution is 2.34. The number of carbonyl (C=O) groups excluding carboxylic acids is 1. The second kappa shape index (κ2) is 6.32. The molecule has 0 unspecified atom stereocenters. The molecule has 1 fully saturated rings. The van der Waals surface area contributed by atoms with Crippen LogP contribution in [0.1, 0.15) is 35.0 Å². The molecule has 2 atom stereocenters. The molecule has 24 heavy (non-hydrogen) atoms. The van der Waals surface area contributed by atoms with Gasteiger partial charge in [-0.2, -0.15) is 0 Å². The first-order valence-electron chi connectivity index (χ1n) is 7.71. The molecule has 2 aromatic rings. The number of aryl methyl sites for hydroxylation is 2. The molecule has 3 rings (SSSR count). The molecule has 128 valence electrons. The third-order valence-corrected chi connectivity index (χ3v) is 4.43. The number of aliphatic hydroxyl groups is 1. The smallest absolute Gasteiger partial charge is 0.227 e. The fraction of sp³-hybridized carbons (Fsp3) is 0.412. The number of amides is 1. The van der Waals surface area contributed by atoms with Crippen LogP contribution >= 0.6 is 0 Å². The number of hydrogen-bond acceptors (Lipinski definition) is 4. The fourth-order valence-electron chi connectivity index (χ4n) is 3.16. The molecular weight excluding hydrogens is 318 g/mol. The van der Waals surface area contributed by atoms with E-state index < -0.39 is 23.8 Å². The lowest BCUT2D eigenvalue weighted by Gasteiger charge is -2.25. The minimum atomic E-state index is -0.772. The maximum atomic E-state index is 14.1. The summed E-state index contributed by atoms with van der Waals surface area (Å²) in [6.07, 6.45) is -0.555. The highest BCUT2D eigenvalue weighted by Gasteiger charge is 2.37. The number of aromatic nitrogens is 1. The van der Waals surface area contributed by atoms with Gasteiger partial charge in [-0.3, -0.25) is 4.79 Å². The third kappa shape index (κ3) is 3.03. The number of rotatable bonds is 3. The van der Waals surface area contributed by atoms with Crippen LogP contribution in [0.2, 0.25) is 0 Å². The van der Waals surface area contributed by atoms with Crippen molar-refractivity contribution >= 4 is 5.91 Å². The summed E-state index contributed by atoms with van der Waals surface area (Å²) in [5, 5.41) is 13.7. The maximum absolute atomic E-state index is 14.1. The average molecular weight is 336 g/mol. The van der Waals surface area contributed by atoms with Crippen molar-refractivity contribution in [3.8, 4) is 0 Å². The number of likely N-dealkylation sites (tertiary alicyclic amines) is 1. The molecule has 1 amide bonds. The fourth-order valence-corrected chi connectivity index (χ4v) is 3.16. The maximum Gasteiger partial charge on any atom is 0.227 e. The van der Waals surface area contributed by atoms with Crippen molar-refractivity contribution in [3.63, 3.8) is 0 Å². The molecule has 1 saturated heterocycles. The molecule has 7 heteroatoms. The van der Waals surface area contributed by atoms with Crippen molar-refractivity contribution in [2.45, 2.75) is 38.8 Å². The molecule has 0 saturated carbocycles. The van der Waals surface area contributed by atoms with Crippen molar-refractivity contribution in [1.29, 1.82) is 0 Å². The molecule has 1 N–H and O–H groups in total. The van der Waals surface area contributed by atoms with Gasteiger partial charge < -0.3 is 14.5 Å². The molecule has 0 spiro atoms. The Morgan fingerprint density at radius 3 is 2.83 bits per heavy atom. The van der Waals surface area contributed by atoms with Crippen molar-refractivity contribution in [2.75, 3.05) is 6.54 Å². The third-order valence-electron chi connectivity index (χ3n) is 4.43. The summed E-state index contributed by atoms with van der Waals surface area (Å²) >= 11 is 0. The predicted octanol–water partition coefficient (Wildman–Crippen LogP) is 2.45. The van der Waals surface area contributed by atoms with E-state index in [1.165, 1.54) is 4.90 Å². The number of nitrogens with zero attached hydrogens (tertiary/aromatic N) is 2. The highest BCUT2D eigenvalue weighted by molar-refractivity contribution is 5.80. The Morgan fingerprint density at radius 1 is 1.42 bits per heavy atom. The average Bonchev–Trinajstić information content (AvgIpc) is 3.07. The van der Waals surface area contributed by atoms with Gasteiger partial charge in [-0.15, -0.1) is 0 Å². The van der Waals surface area contributed by atoms with E-state index in [9.17, 15) is 18.7 Å². The topological polar surface area (TPSA) is 66.6 Å². The lowest BCUT2D eigenvalue weighted by atomic mass is 10.0. The van der Waals surface area contributed by atoms with Crippen LogP contribution in [0.25, 0.3) is 0 Å². The summed E-state index contributed by atoms with van der Waals surface area (Å²) in [5.41, 5.74) is 1.38. The molecule has 0 bridgehead atoms. The zero-order chi connectivity index (χ0) is 17.4. The molecule has 1 aromatic carbocycles. The molecule has 5 nitrogen and oxygen atoms in total. The van der Waals surface area contributed by atoms with Crippen LogP contribution in [-0.2, 0) is 11.2 Å². The van der Waals surface area contributed by atoms with E-state index in [4.69, 9.17) is 4.52 Å². The monoisotopic (exact) mass is 336 g/mol. The van der Waals surface area contributed by atoms with Crippen LogP contribution in [0.4, 0.5) is 8.78 Å². The molecule has 1 aliphatic rings. The Kier molecular flexibility index (Phi) is 4.36. The Hall–Kier alpha value is -2.28. The number of halogens is 2. The number of β-amino-alcohol motifs (C(OH)–C–C–N with tert-alkyl or cyclic N) is 1. The molecular formula is C17H18F2N2O3. The largest absolute Gasteiger partial charge is 0.391 e. The van der Waals surface area contributed by atoms with Gasteiger partial charge in [0.1, 0.15) is 17.4 Å². The van der Waals surface area contributed by atoms with Gasteiger partial charge in [0.2, 0.25) is 5.91 Å².